The highest BCUT2D eigenvalue weighted by molar-refractivity contribution is 5.39. The van der Waals surface area contributed by atoms with Crippen molar-refractivity contribution in [2.45, 2.75) is 32.2 Å². The van der Waals surface area contributed by atoms with Gasteiger partial charge in [0.1, 0.15) is 0 Å². The molecule has 0 amide bonds. The van der Waals surface area contributed by atoms with E-state index in [4.69, 9.17) is 4.74 Å². The molecule has 0 aromatic carbocycles. The molecule has 2 rings (SSSR count). The highest BCUT2D eigenvalue weighted by atomic mass is 16.5. The highest BCUT2D eigenvalue weighted by Crippen LogP contribution is 2.37. The summed E-state index contributed by atoms with van der Waals surface area (Å²) < 4.78 is 5.03. The zero-order valence-electron chi connectivity index (χ0n) is 9.87. The van der Waals surface area contributed by atoms with Gasteiger partial charge in [0.25, 0.3) is 0 Å². The van der Waals surface area contributed by atoms with Crippen LogP contribution in [0.1, 0.15) is 26.7 Å². The first kappa shape index (κ1) is 10.9. The minimum absolute atomic E-state index is 0.149. The Hall–Kier alpha value is -1.59. The third-order valence-corrected chi connectivity index (χ3v) is 2.55. The van der Waals surface area contributed by atoms with Crippen molar-refractivity contribution in [3.8, 4) is 6.01 Å². The largest absolute Gasteiger partial charge is 0.467 e. The fourth-order valence-corrected chi connectivity index (χ4v) is 1.32. The van der Waals surface area contributed by atoms with Gasteiger partial charge in [0.05, 0.1) is 7.11 Å². The van der Waals surface area contributed by atoms with Gasteiger partial charge in [-0.15, -0.1) is 0 Å². The summed E-state index contributed by atoms with van der Waals surface area (Å²) in [6.45, 7) is 4.91. The van der Waals surface area contributed by atoms with Crippen LogP contribution in [-0.4, -0.2) is 34.1 Å². The minimum atomic E-state index is 0.149. The van der Waals surface area contributed by atoms with Gasteiger partial charge in [-0.3, -0.25) is 0 Å². The van der Waals surface area contributed by atoms with Crippen LogP contribution in [0.15, 0.2) is 0 Å². The second-order valence-corrected chi connectivity index (χ2v) is 4.19. The Morgan fingerprint density at radius 1 is 1.25 bits per heavy atom. The van der Waals surface area contributed by atoms with Crippen molar-refractivity contribution < 1.29 is 4.74 Å². The van der Waals surface area contributed by atoms with Crippen molar-refractivity contribution >= 4 is 11.9 Å². The average molecular weight is 223 g/mol. The van der Waals surface area contributed by atoms with E-state index in [0.717, 1.165) is 19.4 Å². The molecule has 6 heteroatoms. The maximum absolute atomic E-state index is 5.03. The number of anilines is 2. The van der Waals surface area contributed by atoms with E-state index in [1.54, 1.807) is 7.11 Å². The summed E-state index contributed by atoms with van der Waals surface area (Å²) in [5.41, 5.74) is 0.149. The minimum Gasteiger partial charge on any atom is -0.467 e. The first-order valence-electron chi connectivity index (χ1n) is 5.47. The Bertz CT molecular complexity index is 377. The first-order chi connectivity index (χ1) is 7.65. The maximum atomic E-state index is 5.03. The van der Waals surface area contributed by atoms with Gasteiger partial charge < -0.3 is 15.4 Å². The Labute approximate surface area is 94.9 Å². The molecular formula is C10H17N5O. The first-order valence-corrected chi connectivity index (χ1v) is 5.47. The van der Waals surface area contributed by atoms with Gasteiger partial charge >= 0.3 is 6.01 Å². The molecule has 6 nitrogen and oxygen atoms in total. The third-order valence-electron chi connectivity index (χ3n) is 2.55. The molecule has 1 aromatic heterocycles. The van der Waals surface area contributed by atoms with Crippen LogP contribution in [0.3, 0.4) is 0 Å². The van der Waals surface area contributed by atoms with Crippen LogP contribution >= 0.6 is 0 Å². The molecule has 88 valence electrons. The number of aromatic nitrogens is 3. The molecule has 0 radical (unpaired) electrons. The van der Waals surface area contributed by atoms with E-state index >= 15 is 0 Å². The van der Waals surface area contributed by atoms with Crippen LogP contribution in [0.25, 0.3) is 0 Å². The van der Waals surface area contributed by atoms with E-state index in [9.17, 15) is 0 Å². The van der Waals surface area contributed by atoms with Gasteiger partial charge in [0.2, 0.25) is 11.9 Å². The normalized spacial score (nSPS) is 16.7. The predicted octanol–water partition coefficient (Wildman–Crippen LogP) is 1.28. The Balaban J connectivity index is 2.18. The lowest BCUT2D eigenvalue weighted by molar-refractivity contribution is 0.379. The molecule has 16 heavy (non-hydrogen) atoms. The molecule has 1 aliphatic carbocycles. The Morgan fingerprint density at radius 2 is 1.94 bits per heavy atom. The molecule has 1 aromatic rings. The summed E-state index contributed by atoms with van der Waals surface area (Å²) in [6, 6.07) is 0.331. The molecule has 1 saturated carbocycles. The van der Waals surface area contributed by atoms with Crippen molar-refractivity contribution in [3.05, 3.63) is 0 Å². The number of nitrogens with zero attached hydrogens (tertiary/aromatic N) is 3. The number of rotatable bonds is 5. The van der Waals surface area contributed by atoms with Gasteiger partial charge in [0, 0.05) is 12.1 Å². The number of hydrogen-bond donors (Lipinski definition) is 2. The lowest BCUT2D eigenvalue weighted by Gasteiger charge is -2.12. The van der Waals surface area contributed by atoms with Crippen molar-refractivity contribution in [2.75, 3.05) is 24.3 Å². The molecule has 2 N–H and O–H groups in total. The molecule has 0 aliphatic heterocycles. The fraction of sp³-hybridized carbons (Fsp3) is 0.700. The highest BCUT2D eigenvalue weighted by Gasteiger charge is 2.38. The Kier molecular flexibility index (Phi) is 2.80. The summed E-state index contributed by atoms with van der Waals surface area (Å²) in [7, 11) is 1.55. The summed E-state index contributed by atoms with van der Waals surface area (Å²) in [6.07, 6.45) is 2.30. The molecule has 0 saturated heterocycles. The number of methoxy groups -OCH3 is 1. The number of nitrogens with one attached hydrogen (secondary N) is 2. The lowest BCUT2D eigenvalue weighted by atomic mass is 10.3. The monoisotopic (exact) mass is 223 g/mol. The van der Waals surface area contributed by atoms with Crippen LogP contribution in [0.5, 0.6) is 6.01 Å². The summed E-state index contributed by atoms with van der Waals surface area (Å²) in [5, 5.41) is 6.33. The number of hydrogen-bond acceptors (Lipinski definition) is 6. The zero-order valence-corrected chi connectivity index (χ0v) is 9.87. The smallest absolute Gasteiger partial charge is 0.322 e. The molecule has 0 spiro atoms. The van der Waals surface area contributed by atoms with Crippen molar-refractivity contribution in [1.29, 1.82) is 0 Å². The van der Waals surface area contributed by atoms with Crippen molar-refractivity contribution in [3.63, 3.8) is 0 Å². The third kappa shape index (κ3) is 2.50. The maximum Gasteiger partial charge on any atom is 0.322 e. The molecule has 1 aliphatic rings. The molecule has 1 heterocycles. The quantitative estimate of drug-likeness (QED) is 0.783. The molecule has 0 atom stereocenters. The van der Waals surface area contributed by atoms with Crippen molar-refractivity contribution in [1.82, 2.24) is 15.0 Å². The lowest BCUT2D eigenvalue weighted by Crippen LogP contribution is -2.19. The Morgan fingerprint density at radius 3 is 2.50 bits per heavy atom. The van der Waals surface area contributed by atoms with E-state index in [-0.39, 0.29) is 5.54 Å². The van der Waals surface area contributed by atoms with Crippen LogP contribution in [0.2, 0.25) is 0 Å². The molecule has 0 bridgehead atoms. The molecule has 1 fully saturated rings. The topological polar surface area (TPSA) is 72.0 Å². The zero-order chi connectivity index (χ0) is 11.6. The fourth-order valence-electron chi connectivity index (χ4n) is 1.32. The van der Waals surface area contributed by atoms with Crippen LogP contribution in [0.4, 0.5) is 11.9 Å². The van der Waals surface area contributed by atoms with E-state index in [2.05, 4.69) is 32.5 Å². The van der Waals surface area contributed by atoms with Gasteiger partial charge in [-0.2, -0.15) is 15.0 Å². The summed E-state index contributed by atoms with van der Waals surface area (Å²) >= 11 is 0. The SMILES string of the molecule is CCNc1nc(NC2(C)CC2)nc(OC)n1. The van der Waals surface area contributed by atoms with E-state index in [1.165, 1.54) is 0 Å². The predicted molar refractivity (Wildman–Crippen MR) is 61.8 cm³/mol. The molecule has 0 unspecified atom stereocenters. The van der Waals surface area contributed by atoms with Crippen LogP contribution in [0, 0.1) is 0 Å². The average Bonchev–Trinajstić information content (AvgIpc) is 2.96. The van der Waals surface area contributed by atoms with Crippen LogP contribution in [-0.2, 0) is 0 Å². The van der Waals surface area contributed by atoms with Gasteiger partial charge in [-0.25, -0.2) is 0 Å². The van der Waals surface area contributed by atoms with Crippen LogP contribution < -0.4 is 15.4 Å². The summed E-state index contributed by atoms with van der Waals surface area (Å²) in [4.78, 5) is 12.5. The van der Waals surface area contributed by atoms with Gasteiger partial charge in [0.15, 0.2) is 0 Å². The van der Waals surface area contributed by atoms with Gasteiger partial charge in [-0.1, -0.05) is 0 Å². The van der Waals surface area contributed by atoms with E-state index < -0.39 is 0 Å². The number of ether oxygens (including phenoxy) is 1. The second-order valence-electron chi connectivity index (χ2n) is 4.19. The standard InChI is InChI=1S/C10H17N5O/c1-4-11-7-12-8(14-9(13-7)16-3)15-10(2)5-6-10/h4-6H2,1-3H3,(H2,11,12,13,14,15). The summed E-state index contributed by atoms with van der Waals surface area (Å²) in [5.74, 6) is 1.11. The molecular weight excluding hydrogens is 206 g/mol. The second kappa shape index (κ2) is 4.11. The van der Waals surface area contributed by atoms with E-state index in [1.807, 2.05) is 6.92 Å². The van der Waals surface area contributed by atoms with E-state index in [0.29, 0.717) is 17.9 Å². The van der Waals surface area contributed by atoms with Gasteiger partial charge in [-0.05, 0) is 26.7 Å². The van der Waals surface area contributed by atoms with Crippen molar-refractivity contribution in [2.24, 2.45) is 0 Å².